The molecule has 0 unspecified atom stereocenters. The van der Waals surface area contributed by atoms with Gasteiger partial charge in [0.15, 0.2) is 17.2 Å². The number of likely N-dealkylation sites (N-methyl/N-ethyl adjacent to an activating group) is 1. The quantitative estimate of drug-likeness (QED) is 0.339. The summed E-state index contributed by atoms with van der Waals surface area (Å²) in [5.41, 5.74) is 2.03. The maximum absolute atomic E-state index is 13.6. The Morgan fingerprint density at radius 1 is 1.00 bits per heavy atom. The molecule has 10 nitrogen and oxygen atoms in total. The van der Waals surface area contributed by atoms with E-state index in [4.69, 9.17) is 5.73 Å². The minimum atomic E-state index is -2.50. The Hall–Kier alpha value is -2.27. The summed E-state index contributed by atoms with van der Waals surface area (Å²) < 4.78 is 0. The lowest BCUT2D eigenvalue weighted by Crippen LogP contribution is -2.64. The van der Waals surface area contributed by atoms with Crippen LogP contribution in [0.1, 0.15) is 25.7 Å². The van der Waals surface area contributed by atoms with Gasteiger partial charge in [-0.1, -0.05) is 0 Å². The number of amides is 1. The Labute approximate surface area is 192 Å². The number of rotatable bonds is 3. The SMILES string of the molecule is CN(C)[C@@H]1C(=O)C(C(N)=O)=C(O)[C@@]2(O)C(O)=C3C(=O)[C@@H]4[C@H](C[C@H]3C[C@@H]12)[C@@H](N(C)C)CC[C@@H]4O. The van der Waals surface area contributed by atoms with E-state index in [1.54, 1.807) is 14.1 Å². The van der Waals surface area contributed by atoms with Gasteiger partial charge in [-0.25, -0.2) is 0 Å². The Morgan fingerprint density at radius 3 is 2.18 bits per heavy atom. The summed E-state index contributed by atoms with van der Waals surface area (Å²) in [6.45, 7) is 0. The molecule has 0 bridgehead atoms. The third-order valence-corrected chi connectivity index (χ3v) is 8.31. The van der Waals surface area contributed by atoms with Gasteiger partial charge in [0.2, 0.25) is 0 Å². The summed E-state index contributed by atoms with van der Waals surface area (Å²) in [7, 11) is 7.06. The molecule has 33 heavy (non-hydrogen) atoms. The maximum atomic E-state index is 13.6. The number of carbonyl (C=O) groups is 3. The maximum Gasteiger partial charge on any atom is 0.255 e. The van der Waals surface area contributed by atoms with Crippen LogP contribution in [0.3, 0.4) is 0 Å². The number of primary amides is 1. The van der Waals surface area contributed by atoms with Crippen molar-refractivity contribution in [3.05, 3.63) is 22.7 Å². The van der Waals surface area contributed by atoms with E-state index in [9.17, 15) is 34.8 Å². The van der Waals surface area contributed by atoms with Crippen molar-refractivity contribution in [2.24, 2.45) is 29.4 Å². The summed E-state index contributed by atoms with van der Waals surface area (Å²) in [5.74, 6) is -6.51. The van der Waals surface area contributed by atoms with Gasteiger partial charge in [0.1, 0.15) is 17.1 Å². The minimum absolute atomic E-state index is 0.0318. The lowest BCUT2D eigenvalue weighted by Gasteiger charge is -2.54. The molecule has 0 aliphatic heterocycles. The summed E-state index contributed by atoms with van der Waals surface area (Å²) in [6.07, 6.45) is 0.934. The first-order chi connectivity index (χ1) is 15.3. The fourth-order valence-electron chi connectivity index (χ4n) is 6.90. The Balaban J connectivity index is 1.90. The number of ketones is 2. The molecule has 182 valence electrons. The average Bonchev–Trinajstić information content (AvgIpc) is 2.70. The van der Waals surface area contributed by atoms with Gasteiger partial charge >= 0.3 is 0 Å². The van der Waals surface area contributed by atoms with Gasteiger partial charge in [-0.3, -0.25) is 19.3 Å². The number of fused-ring (bicyclic) bond motifs is 3. The fraction of sp³-hybridized carbons (Fsp3) is 0.696. The predicted molar refractivity (Wildman–Crippen MR) is 117 cm³/mol. The molecule has 0 radical (unpaired) electrons. The van der Waals surface area contributed by atoms with Crippen molar-refractivity contribution in [2.45, 2.75) is 49.5 Å². The van der Waals surface area contributed by atoms with E-state index in [0.717, 1.165) is 6.42 Å². The summed E-state index contributed by atoms with van der Waals surface area (Å²) in [5, 5.41) is 44.4. The van der Waals surface area contributed by atoms with E-state index in [1.165, 1.54) is 4.90 Å². The molecule has 10 heteroatoms. The highest BCUT2D eigenvalue weighted by Gasteiger charge is 2.64. The molecule has 0 spiro atoms. The second-order valence-electron chi connectivity index (χ2n) is 10.4. The number of allylic oxidation sites excluding steroid dienone is 1. The van der Waals surface area contributed by atoms with Crippen molar-refractivity contribution in [1.82, 2.24) is 9.80 Å². The van der Waals surface area contributed by atoms with E-state index in [2.05, 4.69) is 0 Å². The zero-order valence-corrected chi connectivity index (χ0v) is 19.4. The Morgan fingerprint density at radius 2 is 1.64 bits per heavy atom. The lowest BCUT2D eigenvalue weighted by molar-refractivity contribution is -0.142. The highest BCUT2D eigenvalue weighted by molar-refractivity contribution is 6.22. The Bertz CT molecular complexity index is 971. The van der Waals surface area contributed by atoms with Crippen molar-refractivity contribution in [1.29, 1.82) is 0 Å². The van der Waals surface area contributed by atoms with Crippen LogP contribution in [0.4, 0.5) is 0 Å². The summed E-state index contributed by atoms with van der Waals surface area (Å²) in [4.78, 5) is 42.3. The second-order valence-corrected chi connectivity index (χ2v) is 10.4. The first kappa shape index (κ1) is 23.9. The topological polar surface area (TPSA) is 165 Å². The zero-order chi connectivity index (χ0) is 24.6. The number of Topliss-reactive ketones (excluding diaryl/α,β-unsaturated/α-hetero) is 2. The van der Waals surface area contributed by atoms with Gasteiger partial charge in [0, 0.05) is 17.5 Å². The first-order valence-electron chi connectivity index (χ1n) is 11.3. The molecular formula is C23H33N3O7. The minimum Gasteiger partial charge on any atom is -0.508 e. The van der Waals surface area contributed by atoms with Crippen molar-refractivity contribution in [3.63, 3.8) is 0 Å². The van der Waals surface area contributed by atoms with Gasteiger partial charge < -0.3 is 31.1 Å². The standard InChI is InChI=1S/C23H33N3O7/c1-25(2)12-5-6-13(27)15-10(12)7-9-8-11-17(26(3)4)19(29)16(22(24)32)21(31)23(11,33)20(30)14(9)18(15)28/h9-13,15,17,27,30-31,33H,5-8H2,1-4H3,(H2,24,32)/t9-,10+,11-,12-,13-,15+,17-,23-/m0/s1. The molecule has 0 saturated heterocycles. The molecule has 6 N–H and O–H groups in total. The normalized spacial score (nSPS) is 41.3. The molecule has 4 rings (SSSR count). The second kappa shape index (κ2) is 7.90. The molecular weight excluding hydrogens is 430 g/mol. The average molecular weight is 464 g/mol. The van der Waals surface area contributed by atoms with E-state index >= 15 is 0 Å². The van der Waals surface area contributed by atoms with Crippen LogP contribution >= 0.6 is 0 Å². The van der Waals surface area contributed by atoms with Crippen LogP contribution in [0.5, 0.6) is 0 Å². The molecule has 0 aromatic carbocycles. The number of carbonyl (C=O) groups excluding carboxylic acids is 3. The van der Waals surface area contributed by atoms with Crippen LogP contribution in [-0.4, -0.2) is 99.7 Å². The van der Waals surface area contributed by atoms with Crippen LogP contribution < -0.4 is 5.73 Å². The molecule has 0 heterocycles. The van der Waals surface area contributed by atoms with Gasteiger partial charge in [-0.05, 0) is 65.7 Å². The molecule has 0 aromatic rings. The third kappa shape index (κ3) is 3.18. The van der Waals surface area contributed by atoms with Crippen molar-refractivity contribution in [2.75, 3.05) is 28.2 Å². The smallest absolute Gasteiger partial charge is 0.255 e. The first-order valence-corrected chi connectivity index (χ1v) is 11.3. The Kier molecular flexibility index (Phi) is 5.72. The van der Waals surface area contributed by atoms with Crippen LogP contribution in [-0.2, 0) is 14.4 Å². The van der Waals surface area contributed by atoms with Gasteiger partial charge in [0.25, 0.3) is 5.91 Å². The van der Waals surface area contributed by atoms with Crippen LogP contribution in [0.25, 0.3) is 0 Å². The van der Waals surface area contributed by atoms with Crippen molar-refractivity contribution in [3.8, 4) is 0 Å². The van der Waals surface area contributed by atoms with E-state index in [1.807, 2.05) is 19.0 Å². The third-order valence-electron chi connectivity index (χ3n) is 8.31. The monoisotopic (exact) mass is 463 g/mol. The highest BCUT2D eigenvalue weighted by Crippen LogP contribution is 2.55. The number of aliphatic hydroxyl groups excluding tert-OH is 3. The van der Waals surface area contributed by atoms with Crippen molar-refractivity contribution >= 4 is 17.5 Å². The van der Waals surface area contributed by atoms with E-state index < -0.39 is 70.1 Å². The molecule has 4 aliphatic rings. The molecule has 0 aromatic heterocycles. The van der Waals surface area contributed by atoms with Gasteiger partial charge in [0.05, 0.1) is 18.1 Å². The molecule has 1 amide bonds. The number of hydrogen-bond acceptors (Lipinski definition) is 9. The number of nitrogens with two attached hydrogens (primary N) is 1. The van der Waals surface area contributed by atoms with Gasteiger partial charge in [-0.15, -0.1) is 0 Å². The summed E-state index contributed by atoms with van der Waals surface area (Å²) >= 11 is 0. The largest absolute Gasteiger partial charge is 0.508 e. The van der Waals surface area contributed by atoms with E-state index in [0.29, 0.717) is 12.8 Å². The molecule has 4 aliphatic carbocycles. The van der Waals surface area contributed by atoms with E-state index in [-0.39, 0.29) is 24.0 Å². The van der Waals surface area contributed by atoms with Crippen LogP contribution in [0.2, 0.25) is 0 Å². The number of aliphatic hydroxyl groups is 4. The van der Waals surface area contributed by atoms with Crippen LogP contribution in [0, 0.1) is 23.7 Å². The van der Waals surface area contributed by atoms with Crippen LogP contribution in [0.15, 0.2) is 22.7 Å². The number of hydrogen-bond donors (Lipinski definition) is 5. The molecule has 2 fully saturated rings. The summed E-state index contributed by atoms with van der Waals surface area (Å²) in [6, 6.07) is -0.967. The fourth-order valence-corrected chi connectivity index (χ4v) is 6.90. The van der Waals surface area contributed by atoms with Crippen molar-refractivity contribution < 1.29 is 34.8 Å². The molecule has 2 saturated carbocycles. The van der Waals surface area contributed by atoms with Gasteiger partial charge in [-0.2, -0.15) is 0 Å². The highest BCUT2D eigenvalue weighted by atomic mass is 16.4. The lowest BCUT2D eigenvalue weighted by atomic mass is 9.54. The number of nitrogens with zero attached hydrogens (tertiary/aromatic N) is 2. The predicted octanol–water partition coefficient (Wildman–Crippen LogP) is -0.734. The zero-order valence-electron chi connectivity index (χ0n) is 19.4. The molecule has 8 atom stereocenters.